The zero-order valence-corrected chi connectivity index (χ0v) is 20.9. The van der Waals surface area contributed by atoms with Gasteiger partial charge in [0.1, 0.15) is 0 Å². The van der Waals surface area contributed by atoms with Gasteiger partial charge in [0, 0.05) is 11.1 Å². The molecule has 38 heavy (non-hydrogen) atoms. The molecule has 0 aromatic heterocycles. The van der Waals surface area contributed by atoms with Gasteiger partial charge >= 0.3 is 31.3 Å². The molecule has 0 spiro atoms. The number of hydrogen-bond donors (Lipinski definition) is 0. The fraction of sp³-hybridized carbons (Fsp3) is 0.167. The van der Waals surface area contributed by atoms with E-state index in [1.807, 2.05) is 0 Å². The molecule has 0 aliphatic carbocycles. The number of benzene rings is 4. The minimum Gasteiger partial charge on any atom is -0.375 e. The van der Waals surface area contributed by atoms with E-state index >= 15 is 0 Å². The van der Waals surface area contributed by atoms with E-state index in [9.17, 15) is 43.2 Å². The molecule has 0 N–H and O–H groups in total. The summed E-state index contributed by atoms with van der Waals surface area (Å²) < 4.78 is 137. The van der Waals surface area contributed by atoms with Gasteiger partial charge in [-0.05, 0) is 58.7 Å². The predicted octanol–water partition coefficient (Wildman–Crippen LogP) is 6.73. The topological polar surface area (TPSA) is 86.7 Å². The quantitative estimate of drug-likeness (QED) is 0.148. The maximum Gasteiger partial charge on any atom is 0.534 e. The predicted molar refractivity (Wildman–Crippen MR) is 128 cm³/mol. The number of alkyl halides is 6. The monoisotopic (exact) mass is 578 g/mol. The number of rotatable bonds is 5. The third kappa shape index (κ3) is 4.73. The molecule has 0 aliphatic rings. The smallest absolute Gasteiger partial charge is 0.375 e. The van der Waals surface area contributed by atoms with Crippen LogP contribution in [0.4, 0.5) is 26.3 Å². The van der Waals surface area contributed by atoms with Gasteiger partial charge in [0.15, 0.2) is 11.5 Å². The normalized spacial score (nSPS) is 13.2. The lowest BCUT2D eigenvalue weighted by molar-refractivity contribution is -0.0505. The fourth-order valence-corrected chi connectivity index (χ4v) is 5.02. The zero-order valence-electron chi connectivity index (χ0n) is 19.3. The first kappa shape index (κ1) is 27.5. The first-order valence-corrected chi connectivity index (χ1v) is 13.3. The number of halogens is 6. The van der Waals surface area contributed by atoms with E-state index < -0.39 is 53.9 Å². The molecule has 0 bridgehead atoms. The van der Waals surface area contributed by atoms with Crippen molar-refractivity contribution >= 4 is 41.8 Å². The van der Waals surface area contributed by atoms with Crippen molar-refractivity contribution in [1.29, 1.82) is 0 Å². The van der Waals surface area contributed by atoms with Gasteiger partial charge in [-0.3, -0.25) is 0 Å². The van der Waals surface area contributed by atoms with Crippen LogP contribution in [-0.4, -0.2) is 27.9 Å². The van der Waals surface area contributed by atoms with E-state index in [4.69, 9.17) is 0 Å². The molecule has 0 saturated heterocycles. The van der Waals surface area contributed by atoms with Gasteiger partial charge in [-0.15, -0.1) is 0 Å². The van der Waals surface area contributed by atoms with E-state index in [0.717, 1.165) is 0 Å². The maximum absolute atomic E-state index is 13.3. The highest BCUT2D eigenvalue weighted by molar-refractivity contribution is 7.88. The summed E-state index contributed by atoms with van der Waals surface area (Å²) in [6.45, 7) is 2.48. The molecular weight excluding hydrogens is 562 g/mol. The molecule has 0 amide bonds. The summed E-state index contributed by atoms with van der Waals surface area (Å²) in [5.41, 5.74) is -12.7. The van der Waals surface area contributed by atoms with Crippen molar-refractivity contribution < 1.29 is 51.5 Å². The Labute approximate surface area is 212 Å². The van der Waals surface area contributed by atoms with Crippen LogP contribution in [0, 0.1) is 13.8 Å². The Balaban J connectivity index is 2.23. The highest BCUT2D eigenvalue weighted by Gasteiger charge is 2.50. The Morgan fingerprint density at radius 1 is 0.579 bits per heavy atom. The second-order valence-corrected chi connectivity index (χ2v) is 11.3. The lowest BCUT2D eigenvalue weighted by Crippen LogP contribution is -2.29. The van der Waals surface area contributed by atoms with Crippen LogP contribution in [0.3, 0.4) is 0 Å². The second-order valence-electron chi connectivity index (χ2n) is 8.20. The first-order chi connectivity index (χ1) is 17.4. The summed E-state index contributed by atoms with van der Waals surface area (Å²) in [4.78, 5) is 0. The molecule has 6 nitrogen and oxygen atoms in total. The summed E-state index contributed by atoms with van der Waals surface area (Å²) in [5.74, 6) is -1.71. The number of fused-ring (bicyclic) bond motifs is 2. The minimum absolute atomic E-state index is 0.0653. The van der Waals surface area contributed by atoms with Gasteiger partial charge in [-0.1, -0.05) is 48.5 Å². The summed E-state index contributed by atoms with van der Waals surface area (Å²) >= 11 is 0. The molecule has 202 valence electrons. The maximum atomic E-state index is 13.3. The van der Waals surface area contributed by atoms with Crippen molar-refractivity contribution in [2.75, 3.05) is 0 Å². The summed E-state index contributed by atoms with van der Waals surface area (Å²) in [5, 5.41) is 0.838. The summed E-state index contributed by atoms with van der Waals surface area (Å²) in [6.07, 6.45) is 0. The second kappa shape index (κ2) is 9.05. The molecule has 0 fully saturated rings. The lowest BCUT2D eigenvalue weighted by Gasteiger charge is -2.22. The molecule has 0 radical (unpaired) electrons. The highest BCUT2D eigenvalue weighted by atomic mass is 32.2. The van der Waals surface area contributed by atoms with Gasteiger partial charge in [-0.2, -0.15) is 43.2 Å². The third-order valence-electron chi connectivity index (χ3n) is 5.58. The van der Waals surface area contributed by atoms with Crippen LogP contribution in [-0.2, 0) is 20.2 Å². The van der Waals surface area contributed by atoms with Crippen LogP contribution in [0.5, 0.6) is 11.5 Å². The average molecular weight is 579 g/mol. The van der Waals surface area contributed by atoms with Crippen molar-refractivity contribution in [2.24, 2.45) is 0 Å². The SMILES string of the molecule is Cc1cc2ccccc2c(-c2c(OS(=O)(=O)C(F)(F)F)c(C)cc3ccccc23)c1OS(=O)(=O)C(F)(F)F. The van der Waals surface area contributed by atoms with Crippen molar-refractivity contribution in [2.45, 2.75) is 24.9 Å². The van der Waals surface area contributed by atoms with E-state index in [1.165, 1.54) is 62.4 Å². The largest absolute Gasteiger partial charge is 0.534 e. The van der Waals surface area contributed by atoms with Crippen LogP contribution in [0.25, 0.3) is 32.7 Å². The molecule has 4 aromatic rings. The molecule has 0 atom stereocenters. The van der Waals surface area contributed by atoms with Crippen molar-refractivity contribution in [1.82, 2.24) is 0 Å². The number of hydrogen-bond acceptors (Lipinski definition) is 6. The summed E-state index contributed by atoms with van der Waals surface area (Å²) in [7, 11) is -12.5. The minimum atomic E-state index is -6.25. The van der Waals surface area contributed by atoms with Gasteiger partial charge < -0.3 is 8.37 Å². The summed E-state index contributed by atoms with van der Waals surface area (Å²) in [6, 6.07) is 14.5. The van der Waals surface area contributed by atoms with Crippen molar-refractivity contribution in [3.8, 4) is 22.6 Å². The Hall–Kier alpha value is -3.52. The Bertz CT molecular complexity index is 1660. The first-order valence-electron chi connectivity index (χ1n) is 10.5. The molecule has 14 heteroatoms. The molecular formula is C24H16F6O6S2. The standard InChI is InChI=1S/C24H16F6O6S2/c1-13-11-15-7-3-5-9-17(15)19(21(13)35-37(31,32)23(25,26)27)20-18-10-6-4-8-16(18)12-14(2)22(20)36-38(33,34)24(28,29)30/h3-12H,1-2H3. The van der Waals surface area contributed by atoms with Crippen LogP contribution < -0.4 is 8.37 Å². The van der Waals surface area contributed by atoms with Crippen LogP contribution in [0.1, 0.15) is 11.1 Å². The molecule has 0 aliphatic heterocycles. The Kier molecular flexibility index (Phi) is 6.55. The Morgan fingerprint density at radius 2 is 0.895 bits per heavy atom. The third-order valence-corrected chi connectivity index (χ3v) is 7.48. The van der Waals surface area contributed by atoms with Gasteiger partial charge in [0.2, 0.25) is 0 Å². The van der Waals surface area contributed by atoms with Gasteiger partial charge in [0.05, 0.1) is 0 Å². The van der Waals surface area contributed by atoms with Crippen molar-refractivity contribution in [3.63, 3.8) is 0 Å². The zero-order chi connectivity index (χ0) is 28.3. The molecule has 0 heterocycles. The Morgan fingerprint density at radius 3 is 1.21 bits per heavy atom. The molecule has 0 unspecified atom stereocenters. The van der Waals surface area contributed by atoms with Crippen LogP contribution in [0.2, 0.25) is 0 Å². The van der Waals surface area contributed by atoms with Crippen molar-refractivity contribution in [3.05, 3.63) is 71.8 Å². The van der Waals surface area contributed by atoms with E-state index in [-0.39, 0.29) is 21.9 Å². The van der Waals surface area contributed by atoms with E-state index in [1.54, 1.807) is 12.1 Å². The van der Waals surface area contributed by atoms with Gasteiger partial charge in [0.25, 0.3) is 0 Å². The highest BCUT2D eigenvalue weighted by Crippen LogP contribution is 2.50. The molecule has 4 rings (SSSR count). The molecule has 4 aromatic carbocycles. The molecule has 0 saturated carbocycles. The van der Waals surface area contributed by atoms with Crippen LogP contribution >= 0.6 is 0 Å². The van der Waals surface area contributed by atoms with E-state index in [2.05, 4.69) is 8.37 Å². The van der Waals surface area contributed by atoms with Crippen LogP contribution in [0.15, 0.2) is 60.7 Å². The fourth-order valence-electron chi connectivity index (χ4n) is 3.96. The average Bonchev–Trinajstić information content (AvgIpc) is 2.79. The lowest BCUT2D eigenvalue weighted by atomic mass is 9.89. The van der Waals surface area contributed by atoms with E-state index in [0.29, 0.717) is 10.8 Å². The number of aryl methyl sites for hydroxylation is 2. The van der Waals surface area contributed by atoms with Gasteiger partial charge in [-0.25, -0.2) is 0 Å².